The van der Waals surface area contributed by atoms with Crippen molar-refractivity contribution in [2.75, 3.05) is 23.7 Å². The lowest BCUT2D eigenvalue weighted by molar-refractivity contribution is 0.0993. The molecule has 0 unspecified atom stereocenters. The number of rotatable bonds is 5. The van der Waals surface area contributed by atoms with Gasteiger partial charge in [0.15, 0.2) is 11.5 Å². The molecule has 26 heavy (non-hydrogen) atoms. The Labute approximate surface area is 151 Å². The van der Waals surface area contributed by atoms with Crippen molar-refractivity contribution in [1.29, 1.82) is 0 Å². The Morgan fingerprint density at radius 2 is 2.19 bits per heavy atom. The second-order valence-electron chi connectivity index (χ2n) is 6.68. The number of aryl methyl sites for hydroxylation is 1. The first-order valence-electron chi connectivity index (χ1n) is 8.69. The Morgan fingerprint density at radius 1 is 1.35 bits per heavy atom. The van der Waals surface area contributed by atoms with E-state index in [1.54, 1.807) is 11.6 Å². The Balaban J connectivity index is 1.71. The molecule has 1 amide bonds. The highest BCUT2D eigenvalue weighted by molar-refractivity contribution is 6.00. The molecule has 0 saturated carbocycles. The smallest absolute Gasteiger partial charge is 0.269 e. The van der Waals surface area contributed by atoms with Crippen LogP contribution >= 0.6 is 0 Å². The number of benzene rings is 1. The highest BCUT2D eigenvalue weighted by atomic mass is 16.1. The number of amides is 1. The van der Waals surface area contributed by atoms with Crippen molar-refractivity contribution in [3.63, 3.8) is 0 Å². The number of hydrogen-bond donors (Lipinski definition) is 4. The Hall–Kier alpha value is -3.00. The fourth-order valence-electron chi connectivity index (χ4n) is 3.50. The highest BCUT2D eigenvalue weighted by Gasteiger charge is 2.23. The molecule has 0 bridgehead atoms. The van der Waals surface area contributed by atoms with Gasteiger partial charge in [0.1, 0.15) is 0 Å². The first-order valence-corrected chi connectivity index (χ1v) is 8.69. The van der Waals surface area contributed by atoms with E-state index in [1.165, 1.54) is 0 Å². The molecular weight excluding hydrogens is 330 g/mol. The van der Waals surface area contributed by atoms with Gasteiger partial charge in [-0.2, -0.15) is 4.98 Å². The van der Waals surface area contributed by atoms with Gasteiger partial charge in [-0.25, -0.2) is 0 Å². The van der Waals surface area contributed by atoms with E-state index < -0.39 is 5.91 Å². The first-order chi connectivity index (χ1) is 12.5. The number of carbonyl (C=O) groups is 1. The second-order valence-corrected chi connectivity index (χ2v) is 6.68. The summed E-state index contributed by atoms with van der Waals surface area (Å²) in [7, 11) is 3.80. The number of nitrogens with two attached hydrogens (primary N) is 1. The van der Waals surface area contributed by atoms with Gasteiger partial charge in [0.25, 0.3) is 5.91 Å². The summed E-state index contributed by atoms with van der Waals surface area (Å²) in [6.45, 7) is 1.86. The zero-order valence-electron chi connectivity index (χ0n) is 14.9. The third kappa shape index (κ3) is 2.78. The van der Waals surface area contributed by atoms with Gasteiger partial charge in [0, 0.05) is 49.5 Å². The van der Waals surface area contributed by atoms with Gasteiger partial charge in [-0.1, -0.05) is 6.07 Å². The summed E-state index contributed by atoms with van der Waals surface area (Å²) < 4.78 is 3.77. The van der Waals surface area contributed by atoms with E-state index in [9.17, 15) is 4.79 Å². The summed E-state index contributed by atoms with van der Waals surface area (Å²) in [5.74, 6) is 0.584. The summed E-state index contributed by atoms with van der Waals surface area (Å²) in [6, 6.07) is 8.32. The van der Waals surface area contributed by atoms with E-state index in [0.717, 1.165) is 36.1 Å². The molecule has 1 fully saturated rings. The van der Waals surface area contributed by atoms with E-state index in [1.807, 2.05) is 42.1 Å². The SMILES string of the molecule is Cn1c(N[C@@H]2CCNC2)nc(Nc2cccc3c2ccn3C)c1C(N)=O. The maximum atomic E-state index is 12.0. The number of imidazole rings is 1. The van der Waals surface area contributed by atoms with Crippen molar-refractivity contribution in [2.24, 2.45) is 19.8 Å². The molecular formula is C18H23N7O. The molecule has 1 atom stereocenters. The van der Waals surface area contributed by atoms with E-state index in [4.69, 9.17) is 5.73 Å². The van der Waals surface area contributed by atoms with E-state index in [2.05, 4.69) is 20.9 Å². The van der Waals surface area contributed by atoms with Crippen molar-refractivity contribution in [3.8, 4) is 0 Å². The molecule has 0 aliphatic carbocycles. The minimum atomic E-state index is -0.514. The van der Waals surface area contributed by atoms with Gasteiger partial charge in [-0.05, 0) is 31.2 Å². The van der Waals surface area contributed by atoms with Crippen molar-refractivity contribution in [3.05, 3.63) is 36.2 Å². The molecule has 8 nitrogen and oxygen atoms in total. The number of nitrogens with zero attached hydrogens (tertiary/aromatic N) is 3. The number of nitrogens with one attached hydrogen (secondary N) is 3. The molecule has 2 aromatic heterocycles. The van der Waals surface area contributed by atoms with Crippen LogP contribution in [0.15, 0.2) is 30.5 Å². The lowest BCUT2D eigenvalue weighted by Gasteiger charge is -2.12. The van der Waals surface area contributed by atoms with Crippen molar-refractivity contribution in [1.82, 2.24) is 19.4 Å². The molecule has 136 valence electrons. The number of fused-ring (bicyclic) bond motifs is 1. The Kier molecular flexibility index (Phi) is 4.04. The molecule has 4 rings (SSSR count). The van der Waals surface area contributed by atoms with Gasteiger partial charge in [-0.15, -0.1) is 0 Å². The highest BCUT2D eigenvalue weighted by Crippen LogP contribution is 2.29. The predicted molar refractivity (Wildman–Crippen MR) is 103 cm³/mol. The van der Waals surface area contributed by atoms with E-state index in [-0.39, 0.29) is 0 Å². The summed E-state index contributed by atoms with van der Waals surface area (Å²) in [5, 5.41) is 11.1. The molecule has 3 heterocycles. The zero-order valence-corrected chi connectivity index (χ0v) is 14.9. The monoisotopic (exact) mass is 353 g/mol. The van der Waals surface area contributed by atoms with Gasteiger partial charge >= 0.3 is 0 Å². The summed E-state index contributed by atoms with van der Waals surface area (Å²) >= 11 is 0. The number of aromatic nitrogens is 3. The Bertz CT molecular complexity index is 965. The molecule has 1 aliphatic heterocycles. The minimum Gasteiger partial charge on any atom is -0.364 e. The minimum absolute atomic E-state index is 0.294. The van der Waals surface area contributed by atoms with Gasteiger partial charge in [0.05, 0.1) is 0 Å². The lowest BCUT2D eigenvalue weighted by Crippen LogP contribution is -2.24. The molecule has 1 aromatic carbocycles. The van der Waals surface area contributed by atoms with Crippen LogP contribution in [0.1, 0.15) is 16.9 Å². The summed E-state index contributed by atoms with van der Waals surface area (Å²) in [5.41, 5.74) is 7.96. The number of hydrogen-bond acceptors (Lipinski definition) is 5. The largest absolute Gasteiger partial charge is 0.364 e. The van der Waals surface area contributed by atoms with Gasteiger partial charge < -0.3 is 30.8 Å². The van der Waals surface area contributed by atoms with Crippen molar-refractivity contribution < 1.29 is 4.79 Å². The van der Waals surface area contributed by atoms with Gasteiger partial charge in [0.2, 0.25) is 5.95 Å². The van der Waals surface area contributed by atoms with Crippen LogP contribution in [0.5, 0.6) is 0 Å². The number of primary amides is 1. The predicted octanol–water partition coefficient (Wildman–Crippen LogP) is 1.53. The quantitative estimate of drug-likeness (QED) is 0.557. The van der Waals surface area contributed by atoms with Crippen LogP contribution in [0.4, 0.5) is 17.5 Å². The zero-order chi connectivity index (χ0) is 18.3. The van der Waals surface area contributed by atoms with Crippen LogP contribution in [-0.4, -0.2) is 39.2 Å². The topological polar surface area (TPSA) is 102 Å². The summed E-state index contributed by atoms with van der Waals surface area (Å²) in [6.07, 6.45) is 3.02. The standard InChI is InChI=1S/C18H23N7O/c1-24-9-7-12-13(4-3-5-14(12)24)22-17-15(16(19)26)25(2)18(23-17)21-11-6-8-20-10-11/h3-5,7,9,11,20,22H,6,8,10H2,1-2H3,(H2,19,26)(H,21,23)/t11-/m1/s1. The van der Waals surface area contributed by atoms with Crippen LogP contribution in [0, 0.1) is 0 Å². The van der Waals surface area contributed by atoms with Crippen LogP contribution in [0.3, 0.4) is 0 Å². The fourth-order valence-corrected chi connectivity index (χ4v) is 3.50. The molecule has 5 N–H and O–H groups in total. The molecule has 0 spiro atoms. The van der Waals surface area contributed by atoms with Crippen LogP contribution in [0.2, 0.25) is 0 Å². The number of anilines is 3. The van der Waals surface area contributed by atoms with Crippen LogP contribution in [-0.2, 0) is 14.1 Å². The molecule has 1 saturated heterocycles. The molecule has 1 aliphatic rings. The molecule has 0 radical (unpaired) electrons. The van der Waals surface area contributed by atoms with Crippen LogP contribution < -0.4 is 21.7 Å². The van der Waals surface area contributed by atoms with Crippen molar-refractivity contribution >= 4 is 34.3 Å². The van der Waals surface area contributed by atoms with Gasteiger partial charge in [-0.3, -0.25) is 4.79 Å². The van der Waals surface area contributed by atoms with Crippen LogP contribution in [0.25, 0.3) is 10.9 Å². The first kappa shape index (κ1) is 16.5. The van der Waals surface area contributed by atoms with E-state index >= 15 is 0 Å². The molecule has 8 heteroatoms. The van der Waals surface area contributed by atoms with E-state index in [0.29, 0.717) is 23.5 Å². The Morgan fingerprint density at radius 3 is 2.92 bits per heavy atom. The average molecular weight is 353 g/mol. The fraction of sp³-hybridized carbons (Fsp3) is 0.333. The van der Waals surface area contributed by atoms with Crippen molar-refractivity contribution in [2.45, 2.75) is 12.5 Å². The third-order valence-electron chi connectivity index (χ3n) is 4.90. The number of carbonyl (C=O) groups excluding carboxylic acids is 1. The lowest BCUT2D eigenvalue weighted by atomic mass is 10.2. The maximum Gasteiger partial charge on any atom is 0.269 e. The normalized spacial score (nSPS) is 16.9. The summed E-state index contributed by atoms with van der Waals surface area (Å²) in [4.78, 5) is 16.6. The average Bonchev–Trinajstić information content (AvgIpc) is 3.31. The second kappa shape index (κ2) is 6.38. The third-order valence-corrected chi connectivity index (χ3v) is 4.90. The maximum absolute atomic E-state index is 12.0. The molecule has 3 aromatic rings.